The van der Waals surface area contributed by atoms with Crippen LogP contribution in [0.25, 0.3) is 10.2 Å². The molecule has 0 aliphatic carbocycles. The monoisotopic (exact) mass is 373 g/mol. The third kappa shape index (κ3) is 3.59. The lowest BCUT2D eigenvalue weighted by molar-refractivity contribution is 0.215. The molecule has 1 fully saturated rings. The number of thiazole rings is 2. The molecular formula is C17H19N5OS2. The third-order valence-electron chi connectivity index (χ3n) is 4.17. The van der Waals surface area contributed by atoms with E-state index in [0.717, 1.165) is 47.1 Å². The van der Waals surface area contributed by atoms with Crippen LogP contribution in [0.1, 0.15) is 12.1 Å². The van der Waals surface area contributed by atoms with Crippen LogP contribution < -0.4 is 10.2 Å². The predicted molar refractivity (Wildman–Crippen MR) is 104 cm³/mol. The second kappa shape index (κ2) is 6.97. The van der Waals surface area contributed by atoms with Crippen LogP contribution >= 0.6 is 22.7 Å². The second-order valence-corrected chi connectivity index (χ2v) is 7.88. The Morgan fingerprint density at radius 1 is 1.16 bits per heavy atom. The zero-order valence-corrected chi connectivity index (χ0v) is 15.6. The topological polar surface area (TPSA) is 61.4 Å². The van der Waals surface area contributed by atoms with Gasteiger partial charge in [-0.25, -0.2) is 14.8 Å². The van der Waals surface area contributed by atoms with Gasteiger partial charge in [-0.2, -0.15) is 0 Å². The Bertz CT molecular complexity index is 857. The highest BCUT2D eigenvalue weighted by Gasteiger charge is 2.21. The highest BCUT2D eigenvalue weighted by molar-refractivity contribution is 7.22. The summed E-state index contributed by atoms with van der Waals surface area (Å²) >= 11 is 3.17. The van der Waals surface area contributed by atoms with Crippen LogP contribution in [-0.2, 0) is 0 Å². The molecule has 1 aliphatic heterocycles. The number of amides is 2. The zero-order chi connectivity index (χ0) is 17.2. The van der Waals surface area contributed by atoms with Crippen molar-refractivity contribution in [1.82, 2.24) is 14.9 Å². The van der Waals surface area contributed by atoms with Gasteiger partial charge in [0.2, 0.25) is 0 Å². The van der Waals surface area contributed by atoms with Crippen molar-refractivity contribution in [3.05, 3.63) is 35.3 Å². The van der Waals surface area contributed by atoms with Crippen LogP contribution in [0.4, 0.5) is 15.1 Å². The molecule has 0 spiro atoms. The van der Waals surface area contributed by atoms with E-state index in [1.54, 1.807) is 11.3 Å². The third-order valence-corrected chi connectivity index (χ3v) is 6.14. The number of carbonyl (C=O) groups excluding carboxylic acids is 1. The summed E-state index contributed by atoms with van der Waals surface area (Å²) in [5, 5.41) is 6.72. The Hall–Kier alpha value is -2.19. The molecule has 1 aliphatic rings. The lowest BCUT2D eigenvalue weighted by Crippen LogP contribution is -2.38. The molecule has 130 valence electrons. The predicted octanol–water partition coefficient (Wildman–Crippen LogP) is 3.81. The molecule has 25 heavy (non-hydrogen) atoms. The maximum Gasteiger partial charge on any atom is 0.323 e. The molecule has 0 atom stereocenters. The number of urea groups is 1. The highest BCUT2D eigenvalue weighted by atomic mass is 32.1. The molecule has 0 bridgehead atoms. The largest absolute Gasteiger partial charge is 0.346 e. The van der Waals surface area contributed by atoms with Gasteiger partial charge in [0.05, 0.1) is 15.9 Å². The first kappa shape index (κ1) is 16.3. The van der Waals surface area contributed by atoms with Gasteiger partial charge >= 0.3 is 6.03 Å². The summed E-state index contributed by atoms with van der Waals surface area (Å²) < 4.78 is 1.08. The van der Waals surface area contributed by atoms with Crippen LogP contribution in [0.5, 0.6) is 0 Å². The molecule has 4 rings (SSSR count). The Balaban J connectivity index is 1.40. The Morgan fingerprint density at radius 3 is 2.84 bits per heavy atom. The summed E-state index contributed by atoms with van der Waals surface area (Å²) in [6.07, 6.45) is 0.936. The summed E-state index contributed by atoms with van der Waals surface area (Å²) in [6, 6.07) is 7.84. The first-order chi connectivity index (χ1) is 12.2. The zero-order valence-electron chi connectivity index (χ0n) is 13.9. The van der Waals surface area contributed by atoms with Crippen LogP contribution in [-0.4, -0.2) is 47.1 Å². The lowest BCUT2D eigenvalue weighted by atomic mass is 10.3. The van der Waals surface area contributed by atoms with E-state index in [2.05, 4.69) is 25.6 Å². The van der Waals surface area contributed by atoms with Crippen molar-refractivity contribution >= 4 is 49.2 Å². The maximum atomic E-state index is 12.6. The number of aromatic nitrogens is 2. The molecule has 2 aromatic heterocycles. The van der Waals surface area contributed by atoms with E-state index in [-0.39, 0.29) is 6.03 Å². The summed E-state index contributed by atoms with van der Waals surface area (Å²) in [7, 11) is 0. The quantitative estimate of drug-likeness (QED) is 0.742. The van der Waals surface area contributed by atoms with Crippen molar-refractivity contribution < 1.29 is 4.79 Å². The van der Waals surface area contributed by atoms with E-state index in [9.17, 15) is 4.79 Å². The van der Waals surface area contributed by atoms with Gasteiger partial charge in [-0.15, -0.1) is 11.3 Å². The molecule has 3 aromatic rings. The maximum absolute atomic E-state index is 12.6. The van der Waals surface area contributed by atoms with E-state index in [1.807, 2.05) is 36.1 Å². The molecule has 1 aromatic carbocycles. The van der Waals surface area contributed by atoms with Gasteiger partial charge in [0.1, 0.15) is 0 Å². The van der Waals surface area contributed by atoms with Crippen LogP contribution in [0, 0.1) is 6.92 Å². The number of aryl methyl sites for hydroxylation is 1. The van der Waals surface area contributed by atoms with Crippen molar-refractivity contribution in [2.45, 2.75) is 13.3 Å². The fourth-order valence-corrected chi connectivity index (χ4v) is 4.61. The number of nitrogens with zero attached hydrogens (tertiary/aromatic N) is 4. The smallest absolute Gasteiger partial charge is 0.323 e. The minimum absolute atomic E-state index is 0.0729. The number of carbonyl (C=O) groups is 1. The number of anilines is 2. The number of nitrogens with one attached hydrogen (secondary N) is 1. The number of rotatable bonds is 2. The number of hydrogen-bond acceptors (Lipinski definition) is 6. The SMILES string of the molecule is Cc1csc(N2CCCN(C(=O)Nc3nc4ccccc4s3)CC2)n1. The van der Waals surface area contributed by atoms with E-state index < -0.39 is 0 Å². The molecule has 2 amide bonds. The Labute approximate surface area is 154 Å². The lowest BCUT2D eigenvalue weighted by Gasteiger charge is -2.21. The molecule has 0 unspecified atom stereocenters. The van der Waals surface area contributed by atoms with Crippen LogP contribution in [0.2, 0.25) is 0 Å². The van der Waals surface area contributed by atoms with E-state index in [1.165, 1.54) is 11.3 Å². The van der Waals surface area contributed by atoms with E-state index in [4.69, 9.17) is 0 Å². The number of benzene rings is 1. The van der Waals surface area contributed by atoms with Gasteiger partial charge in [-0.1, -0.05) is 23.5 Å². The van der Waals surface area contributed by atoms with E-state index >= 15 is 0 Å². The van der Waals surface area contributed by atoms with Gasteiger partial charge in [0, 0.05) is 31.6 Å². The van der Waals surface area contributed by atoms with Gasteiger partial charge in [-0.05, 0) is 25.5 Å². The van der Waals surface area contributed by atoms with Crippen molar-refractivity contribution in [3.8, 4) is 0 Å². The molecule has 1 N–H and O–H groups in total. The molecule has 8 heteroatoms. The molecule has 0 radical (unpaired) electrons. The van der Waals surface area contributed by atoms with Crippen molar-refractivity contribution in [3.63, 3.8) is 0 Å². The summed E-state index contributed by atoms with van der Waals surface area (Å²) in [6.45, 7) is 5.18. The van der Waals surface area contributed by atoms with E-state index in [0.29, 0.717) is 11.7 Å². The molecule has 1 saturated heterocycles. The molecule has 3 heterocycles. The van der Waals surface area contributed by atoms with Gasteiger partial charge in [0.15, 0.2) is 10.3 Å². The highest BCUT2D eigenvalue weighted by Crippen LogP contribution is 2.26. The number of fused-ring (bicyclic) bond motifs is 1. The molecule has 6 nitrogen and oxygen atoms in total. The van der Waals surface area contributed by atoms with Crippen molar-refractivity contribution in [1.29, 1.82) is 0 Å². The fraction of sp³-hybridized carbons (Fsp3) is 0.353. The summed E-state index contributed by atoms with van der Waals surface area (Å²) in [5.41, 5.74) is 1.97. The summed E-state index contributed by atoms with van der Waals surface area (Å²) in [4.78, 5) is 25.8. The normalized spacial score (nSPS) is 15.4. The Morgan fingerprint density at radius 2 is 2.04 bits per heavy atom. The summed E-state index contributed by atoms with van der Waals surface area (Å²) in [5.74, 6) is 0. The van der Waals surface area contributed by atoms with Crippen molar-refractivity contribution in [2.75, 3.05) is 36.4 Å². The molecule has 0 saturated carbocycles. The number of para-hydroxylation sites is 1. The van der Waals surface area contributed by atoms with Gasteiger partial charge < -0.3 is 9.80 Å². The molecular weight excluding hydrogens is 354 g/mol. The van der Waals surface area contributed by atoms with Crippen molar-refractivity contribution in [2.24, 2.45) is 0 Å². The first-order valence-electron chi connectivity index (χ1n) is 8.27. The second-order valence-electron chi connectivity index (χ2n) is 6.02. The van der Waals surface area contributed by atoms with Crippen LogP contribution in [0.3, 0.4) is 0 Å². The van der Waals surface area contributed by atoms with Gasteiger partial charge in [-0.3, -0.25) is 5.32 Å². The Kier molecular flexibility index (Phi) is 4.54. The average molecular weight is 374 g/mol. The van der Waals surface area contributed by atoms with Gasteiger partial charge in [0.25, 0.3) is 0 Å². The number of hydrogen-bond donors (Lipinski definition) is 1. The minimum atomic E-state index is -0.0729. The fourth-order valence-electron chi connectivity index (χ4n) is 2.89. The average Bonchev–Trinajstić information content (AvgIpc) is 3.12. The first-order valence-corrected chi connectivity index (χ1v) is 9.97. The minimum Gasteiger partial charge on any atom is -0.346 e. The van der Waals surface area contributed by atoms with Crippen LogP contribution in [0.15, 0.2) is 29.6 Å². The standard InChI is InChI=1S/C17H19N5OS2/c1-12-11-24-17(18-12)22-8-4-7-21(9-10-22)16(23)20-15-19-13-5-2-3-6-14(13)25-15/h2-3,5-6,11H,4,7-10H2,1H3,(H,19,20,23).